The summed E-state index contributed by atoms with van der Waals surface area (Å²) in [4.78, 5) is 23.1. The molecule has 24 heavy (non-hydrogen) atoms. The Labute approximate surface area is 143 Å². The molecule has 0 fully saturated rings. The average molecular weight is 347 g/mol. The molecule has 0 saturated heterocycles. The number of carboxylic acid groups (broad SMARTS) is 1. The van der Waals surface area contributed by atoms with Crippen molar-refractivity contribution in [1.29, 1.82) is 0 Å². The molecule has 3 rings (SSSR count). The van der Waals surface area contributed by atoms with Gasteiger partial charge in [-0.2, -0.15) is 5.10 Å². The van der Waals surface area contributed by atoms with Crippen LogP contribution in [0.4, 0.5) is 0 Å². The van der Waals surface area contributed by atoms with E-state index >= 15 is 0 Å². The number of halogens is 1. The molecule has 124 valence electrons. The normalized spacial score (nSPS) is 17.0. The highest BCUT2D eigenvalue weighted by Gasteiger charge is 2.33. The Hall–Kier alpha value is -2.60. The number of hydrazone groups is 1. The number of aliphatic carboxylic acids is 1. The van der Waals surface area contributed by atoms with Crippen LogP contribution in [0.25, 0.3) is 0 Å². The maximum Gasteiger partial charge on any atom is 0.303 e. The zero-order valence-corrected chi connectivity index (χ0v) is 13.4. The van der Waals surface area contributed by atoms with Gasteiger partial charge >= 0.3 is 5.97 Å². The SMILES string of the molecule is O=C(O)CCC(=O)N1N=C(c2ccco2)CC1c1ccc(Cl)cc1. The topological polar surface area (TPSA) is 83.1 Å². The fraction of sp³-hybridized carbons (Fsp3) is 0.235. The van der Waals surface area contributed by atoms with E-state index in [0.717, 1.165) is 5.56 Å². The van der Waals surface area contributed by atoms with E-state index in [1.807, 2.05) is 12.1 Å². The van der Waals surface area contributed by atoms with Crippen molar-refractivity contribution in [3.63, 3.8) is 0 Å². The number of benzene rings is 1. The monoisotopic (exact) mass is 346 g/mol. The van der Waals surface area contributed by atoms with Crippen LogP contribution in [-0.2, 0) is 9.59 Å². The highest BCUT2D eigenvalue weighted by Crippen LogP contribution is 2.34. The number of carbonyl (C=O) groups is 2. The molecule has 0 saturated carbocycles. The number of carboxylic acids is 1. The Balaban J connectivity index is 1.87. The molecule has 1 aromatic carbocycles. The minimum Gasteiger partial charge on any atom is -0.481 e. The summed E-state index contributed by atoms with van der Waals surface area (Å²) in [5.74, 6) is -0.748. The van der Waals surface area contributed by atoms with Gasteiger partial charge in [-0.25, -0.2) is 5.01 Å². The zero-order valence-electron chi connectivity index (χ0n) is 12.7. The van der Waals surface area contributed by atoms with Crippen LogP contribution in [-0.4, -0.2) is 27.7 Å². The van der Waals surface area contributed by atoms with Gasteiger partial charge in [-0.05, 0) is 29.8 Å². The van der Waals surface area contributed by atoms with Gasteiger partial charge in [0.2, 0.25) is 5.91 Å². The van der Waals surface area contributed by atoms with Crippen LogP contribution in [0.15, 0.2) is 52.2 Å². The molecule has 2 heterocycles. The van der Waals surface area contributed by atoms with E-state index in [4.69, 9.17) is 21.1 Å². The average Bonchev–Trinajstić information content (AvgIpc) is 3.22. The fourth-order valence-corrected chi connectivity index (χ4v) is 2.73. The maximum atomic E-state index is 12.4. The minimum absolute atomic E-state index is 0.103. The second-order valence-electron chi connectivity index (χ2n) is 5.43. The highest BCUT2D eigenvalue weighted by molar-refractivity contribution is 6.30. The summed E-state index contributed by atoms with van der Waals surface area (Å²) in [7, 11) is 0. The van der Waals surface area contributed by atoms with E-state index < -0.39 is 5.97 Å². The summed E-state index contributed by atoms with van der Waals surface area (Å²) in [5.41, 5.74) is 1.54. The van der Waals surface area contributed by atoms with Gasteiger partial charge in [-0.1, -0.05) is 23.7 Å². The molecule has 1 aliphatic rings. The third-order valence-corrected chi connectivity index (χ3v) is 4.03. The van der Waals surface area contributed by atoms with Gasteiger partial charge in [0.05, 0.1) is 18.7 Å². The second kappa shape index (κ2) is 6.88. The quantitative estimate of drug-likeness (QED) is 0.898. The van der Waals surface area contributed by atoms with E-state index in [9.17, 15) is 9.59 Å². The van der Waals surface area contributed by atoms with Crippen LogP contribution >= 0.6 is 11.6 Å². The Morgan fingerprint density at radius 2 is 2.00 bits per heavy atom. The summed E-state index contributed by atoms with van der Waals surface area (Å²) in [5, 5.41) is 15.1. The van der Waals surface area contributed by atoms with Gasteiger partial charge in [-0.15, -0.1) is 0 Å². The van der Waals surface area contributed by atoms with Gasteiger partial charge in [0.1, 0.15) is 11.5 Å². The van der Waals surface area contributed by atoms with Gasteiger partial charge in [-0.3, -0.25) is 9.59 Å². The third kappa shape index (κ3) is 3.49. The van der Waals surface area contributed by atoms with Crippen molar-refractivity contribution < 1.29 is 19.1 Å². The van der Waals surface area contributed by atoms with Gasteiger partial charge < -0.3 is 9.52 Å². The van der Waals surface area contributed by atoms with Crippen molar-refractivity contribution in [3.8, 4) is 0 Å². The standard InChI is InChI=1S/C17H15ClN2O4/c18-12-5-3-11(4-6-12)14-10-13(15-2-1-9-24-15)19-20(14)16(21)7-8-17(22)23/h1-6,9,14H,7-8,10H2,(H,22,23). The Morgan fingerprint density at radius 1 is 1.25 bits per heavy atom. The molecule has 0 aliphatic carbocycles. The molecular formula is C17H15ClN2O4. The van der Waals surface area contributed by atoms with Crippen molar-refractivity contribution in [2.75, 3.05) is 0 Å². The minimum atomic E-state index is -1.01. The van der Waals surface area contributed by atoms with E-state index in [0.29, 0.717) is 22.9 Å². The molecule has 1 atom stereocenters. The van der Waals surface area contributed by atoms with Crippen LogP contribution in [0.2, 0.25) is 5.02 Å². The van der Waals surface area contributed by atoms with Crippen molar-refractivity contribution in [1.82, 2.24) is 5.01 Å². The largest absolute Gasteiger partial charge is 0.481 e. The van der Waals surface area contributed by atoms with E-state index in [-0.39, 0.29) is 24.8 Å². The Morgan fingerprint density at radius 3 is 2.62 bits per heavy atom. The highest BCUT2D eigenvalue weighted by atomic mass is 35.5. The molecule has 1 aliphatic heterocycles. The van der Waals surface area contributed by atoms with E-state index in [1.165, 1.54) is 5.01 Å². The smallest absolute Gasteiger partial charge is 0.303 e. The van der Waals surface area contributed by atoms with E-state index in [2.05, 4.69) is 5.10 Å². The lowest BCUT2D eigenvalue weighted by Gasteiger charge is -2.21. The second-order valence-corrected chi connectivity index (χ2v) is 5.86. The van der Waals surface area contributed by atoms with Crippen LogP contribution in [0.5, 0.6) is 0 Å². The van der Waals surface area contributed by atoms with Crippen LogP contribution in [0.1, 0.15) is 36.6 Å². The molecule has 1 N–H and O–H groups in total. The Kier molecular flexibility index (Phi) is 4.66. The van der Waals surface area contributed by atoms with Crippen molar-refractivity contribution in [2.24, 2.45) is 5.10 Å². The molecule has 2 aromatic rings. The van der Waals surface area contributed by atoms with Crippen LogP contribution in [0, 0.1) is 0 Å². The first kappa shape index (κ1) is 16.3. The van der Waals surface area contributed by atoms with Gasteiger partial charge in [0, 0.05) is 17.9 Å². The fourth-order valence-electron chi connectivity index (χ4n) is 2.60. The first-order valence-corrected chi connectivity index (χ1v) is 7.83. The summed E-state index contributed by atoms with van der Waals surface area (Å²) >= 11 is 5.92. The Bertz CT molecular complexity index is 768. The number of rotatable bonds is 5. The molecule has 0 bridgehead atoms. The number of nitrogens with zero attached hydrogens (tertiary/aromatic N) is 2. The number of amides is 1. The van der Waals surface area contributed by atoms with Crippen LogP contribution in [0.3, 0.4) is 0 Å². The van der Waals surface area contributed by atoms with Gasteiger partial charge in [0.25, 0.3) is 0 Å². The lowest BCUT2D eigenvalue weighted by Crippen LogP contribution is -2.27. The van der Waals surface area contributed by atoms with Crippen molar-refractivity contribution >= 4 is 29.2 Å². The molecular weight excluding hydrogens is 332 g/mol. The maximum absolute atomic E-state index is 12.4. The predicted molar refractivity (Wildman–Crippen MR) is 87.8 cm³/mol. The lowest BCUT2D eigenvalue weighted by atomic mass is 10.0. The lowest BCUT2D eigenvalue weighted by molar-refractivity contribution is -0.141. The molecule has 0 spiro atoms. The summed E-state index contributed by atoms with van der Waals surface area (Å²) in [6, 6.07) is 10.4. The number of hydrogen-bond donors (Lipinski definition) is 1. The number of furan rings is 1. The molecule has 1 unspecified atom stereocenters. The molecule has 1 amide bonds. The third-order valence-electron chi connectivity index (χ3n) is 3.78. The first-order chi connectivity index (χ1) is 11.5. The summed E-state index contributed by atoms with van der Waals surface area (Å²) in [6.07, 6.45) is 1.71. The summed E-state index contributed by atoms with van der Waals surface area (Å²) in [6.45, 7) is 0. The molecule has 0 radical (unpaired) electrons. The number of hydrogen-bond acceptors (Lipinski definition) is 4. The first-order valence-electron chi connectivity index (χ1n) is 7.45. The molecule has 1 aromatic heterocycles. The van der Waals surface area contributed by atoms with E-state index in [1.54, 1.807) is 30.5 Å². The predicted octanol–water partition coefficient (Wildman–Crippen LogP) is 3.48. The number of carbonyl (C=O) groups excluding carboxylic acids is 1. The van der Waals surface area contributed by atoms with Crippen molar-refractivity contribution in [3.05, 3.63) is 59.0 Å². The van der Waals surface area contributed by atoms with Crippen molar-refractivity contribution in [2.45, 2.75) is 25.3 Å². The molecule has 6 nitrogen and oxygen atoms in total. The zero-order chi connectivity index (χ0) is 17.1. The molecule has 7 heteroatoms. The van der Waals surface area contributed by atoms with Gasteiger partial charge in [0.15, 0.2) is 0 Å². The summed E-state index contributed by atoms with van der Waals surface area (Å²) < 4.78 is 5.36. The van der Waals surface area contributed by atoms with Crippen LogP contribution < -0.4 is 0 Å².